The van der Waals surface area contributed by atoms with Crippen molar-refractivity contribution < 1.29 is 18.9 Å². The number of nitriles is 1. The summed E-state index contributed by atoms with van der Waals surface area (Å²) < 4.78 is 11.1. The van der Waals surface area contributed by atoms with E-state index in [4.69, 9.17) is 9.15 Å². The third-order valence-electron chi connectivity index (χ3n) is 4.38. The van der Waals surface area contributed by atoms with Crippen molar-refractivity contribution in [1.29, 1.82) is 5.26 Å². The highest BCUT2D eigenvalue weighted by molar-refractivity contribution is 6.09. The number of amides is 1. The molecule has 1 amide bonds. The van der Waals surface area contributed by atoms with Crippen LogP contribution in [-0.4, -0.2) is 17.4 Å². The molecule has 3 rings (SSSR count). The molecule has 0 unspecified atom stereocenters. The summed E-state index contributed by atoms with van der Waals surface area (Å²) in [6, 6.07) is 16.4. The molecule has 0 aliphatic carbocycles. The van der Waals surface area contributed by atoms with Crippen LogP contribution in [0.4, 0.5) is 11.4 Å². The Morgan fingerprint density at radius 2 is 2.06 bits per heavy atom. The summed E-state index contributed by atoms with van der Waals surface area (Å²) in [4.78, 5) is 23.1. The SMILES string of the molecule is CCOc1cccc(NC(=O)/C(C#N)=C/c2ccc(-c3cc([N+](=O)[O-])ccc3C)o2)c1. The van der Waals surface area contributed by atoms with E-state index in [-0.39, 0.29) is 17.0 Å². The van der Waals surface area contributed by atoms with Crippen molar-refractivity contribution in [2.45, 2.75) is 13.8 Å². The maximum Gasteiger partial charge on any atom is 0.270 e. The molecule has 8 nitrogen and oxygen atoms in total. The van der Waals surface area contributed by atoms with Crippen molar-refractivity contribution in [2.75, 3.05) is 11.9 Å². The Morgan fingerprint density at radius 1 is 1.26 bits per heavy atom. The average molecular weight is 417 g/mol. The second kappa shape index (κ2) is 9.41. The zero-order chi connectivity index (χ0) is 22.4. The van der Waals surface area contributed by atoms with Gasteiger partial charge in [-0.25, -0.2) is 0 Å². The lowest BCUT2D eigenvalue weighted by molar-refractivity contribution is -0.384. The van der Waals surface area contributed by atoms with Crippen LogP contribution >= 0.6 is 0 Å². The lowest BCUT2D eigenvalue weighted by Gasteiger charge is -2.07. The summed E-state index contributed by atoms with van der Waals surface area (Å²) in [5, 5.41) is 23.1. The number of hydrogen-bond acceptors (Lipinski definition) is 6. The summed E-state index contributed by atoms with van der Waals surface area (Å²) in [6.07, 6.45) is 1.32. The third-order valence-corrected chi connectivity index (χ3v) is 4.38. The first-order valence-electron chi connectivity index (χ1n) is 9.42. The fraction of sp³-hybridized carbons (Fsp3) is 0.130. The minimum atomic E-state index is -0.597. The van der Waals surface area contributed by atoms with Gasteiger partial charge in [0, 0.05) is 35.5 Å². The number of carbonyl (C=O) groups excluding carboxylic acids is 1. The molecule has 0 aliphatic heterocycles. The number of ether oxygens (including phenoxy) is 1. The van der Waals surface area contributed by atoms with E-state index >= 15 is 0 Å². The number of nitro benzene ring substituents is 1. The van der Waals surface area contributed by atoms with Crippen LogP contribution in [0.2, 0.25) is 0 Å². The van der Waals surface area contributed by atoms with Crippen LogP contribution in [0.25, 0.3) is 17.4 Å². The summed E-state index contributed by atoms with van der Waals surface area (Å²) >= 11 is 0. The van der Waals surface area contributed by atoms with Gasteiger partial charge in [-0.2, -0.15) is 5.26 Å². The first-order valence-corrected chi connectivity index (χ1v) is 9.42. The van der Waals surface area contributed by atoms with E-state index in [0.29, 0.717) is 29.4 Å². The Labute approximate surface area is 178 Å². The maximum atomic E-state index is 12.5. The monoisotopic (exact) mass is 417 g/mol. The highest BCUT2D eigenvalue weighted by atomic mass is 16.6. The van der Waals surface area contributed by atoms with Crippen molar-refractivity contribution >= 4 is 23.4 Å². The number of furan rings is 1. The van der Waals surface area contributed by atoms with Crippen molar-refractivity contribution in [3.8, 4) is 23.1 Å². The number of hydrogen-bond donors (Lipinski definition) is 1. The number of non-ortho nitro benzene ring substituents is 1. The highest BCUT2D eigenvalue weighted by Gasteiger charge is 2.15. The minimum Gasteiger partial charge on any atom is -0.494 e. The molecular weight excluding hydrogens is 398 g/mol. The Bertz CT molecular complexity index is 1200. The molecule has 0 saturated carbocycles. The number of rotatable bonds is 7. The molecule has 1 N–H and O–H groups in total. The largest absolute Gasteiger partial charge is 0.494 e. The van der Waals surface area contributed by atoms with Gasteiger partial charge in [0.15, 0.2) is 0 Å². The highest BCUT2D eigenvalue weighted by Crippen LogP contribution is 2.30. The molecule has 0 aliphatic rings. The molecule has 3 aromatic rings. The first-order chi connectivity index (χ1) is 14.9. The van der Waals surface area contributed by atoms with Gasteiger partial charge in [0.05, 0.1) is 11.5 Å². The predicted molar refractivity (Wildman–Crippen MR) is 115 cm³/mol. The number of nitrogens with one attached hydrogen (secondary N) is 1. The molecule has 0 atom stereocenters. The molecular formula is C23H19N3O5. The fourth-order valence-electron chi connectivity index (χ4n) is 2.88. The molecule has 0 bridgehead atoms. The molecule has 2 aromatic carbocycles. The summed E-state index contributed by atoms with van der Waals surface area (Å²) in [5.41, 5.74) is 1.64. The second-order valence-corrected chi connectivity index (χ2v) is 6.54. The van der Waals surface area contributed by atoms with Gasteiger partial charge < -0.3 is 14.5 Å². The fourth-order valence-corrected chi connectivity index (χ4v) is 2.88. The molecule has 156 valence electrons. The second-order valence-electron chi connectivity index (χ2n) is 6.54. The summed E-state index contributed by atoms with van der Waals surface area (Å²) in [5.74, 6) is 0.677. The lowest BCUT2D eigenvalue weighted by atomic mass is 10.1. The summed E-state index contributed by atoms with van der Waals surface area (Å²) in [6.45, 7) is 4.15. The summed E-state index contributed by atoms with van der Waals surface area (Å²) in [7, 11) is 0. The Hall–Kier alpha value is -4.38. The zero-order valence-corrected chi connectivity index (χ0v) is 16.9. The van der Waals surface area contributed by atoms with Gasteiger partial charge >= 0.3 is 0 Å². The van der Waals surface area contributed by atoms with Gasteiger partial charge in [0.1, 0.15) is 28.9 Å². The van der Waals surface area contributed by atoms with E-state index in [2.05, 4.69) is 5.32 Å². The maximum absolute atomic E-state index is 12.5. The van der Waals surface area contributed by atoms with Crippen LogP contribution < -0.4 is 10.1 Å². The number of carbonyl (C=O) groups is 1. The van der Waals surface area contributed by atoms with Gasteiger partial charge in [-0.05, 0) is 43.7 Å². The van der Waals surface area contributed by atoms with Crippen LogP contribution in [0.5, 0.6) is 5.75 Å². The molecule has 1 heterocycles. The van der Waals surface area contributed by atoms with E-state index < -0.39 is 10.8 Å². The molecule has 0 spiro atoms. The van der Waals surface area contributed by atoms with E-state index in [1.54, 1.807) is 42.5 Å². The van der Waals surface area contributed by atoms with Gasteiger partial charge in [-0.15, -0.1) is 0 Å². The van der Waals surface area contributed by atoms with Crippen molar-refractivity contribution in [1.82, 2.24) is 0 Å². The lowest BCUT2D eigenvalue weighted by Crippen LogP contribution is -2.13. The number of anilines is 1. The Morgan fingerprint density at radius 3 is 2.77 bits per heavy atom. The topological polar surface area (TPSA) is 118 Å². The van der Waals surface area contributed by atoms with Crippen molar-refractivity contribution in [3.63, 3.8) is 0 Å². The van der Waals surface area contributed by atoms with Crippen LogP contribution in [0, 0.1) is 28.4 Å². The predicted octanol–water partition coefficient (Wildman–Crippen LogP) is 5.11. The van der Waals surface area contributed by atoms with Crippen molar-refractivity contribution in [2.24, 2.45) is 0 Å². The van der Waals surface area contributed by atoms with Gasteiger partial charge in [0.2, 0.25) is 0 Å². The molecule has 31 heavy (non-hydrogen) atoms. The quantitative estimate of drug-likeness (QED) is 0.247. The Kier molecular flexibility index (Phi) is 6.48. The zero-order valence-electron chi connectivity index (χ0n) is 16.9. The van der Waals surface area contributed by atoms with E-state index in [9.17, 15) is 20.2 Å². The van der Waals surface area contributed by atoms with Gasteiger partial charge in [-0.3, -0.25) is 14.9 Å². The standard InChI is InChI=1S/C23H19N3O5/c1-3-30-19-6-4-5-17(12-19)25-23(27)16(14-24)11-20-9-10-22(31-20)21-13-18(26(28)29)8-7-15(21)2/h4-13H,3H2,1-2H3,(H,25,27)/b16-11+. The van der Waals surface area contributed by atoms with Crippen LogP contribution in [0.15, 0.2) is 64.6 Å². The van der Waals surface area contributed by atoms with Crippen LogP contribution in [-0.2, 0) is 4.79 Å². The number of nitro groups is 1. The molecule has 0 fully saturated rings. The van der Waals surface area contributed by atoms with E-state index in [0.717, 1.165) is 5.56 Å². The first kappa shape index (κ1) is 21.3. The van der Waals surface area contributed by atoms with E-state index in [1.807, 2.05) is 19.9 Å². The minimum absolute atomic E-state index is 0.0551. The number of nitrogens with zero attached hydrogens (tertiary/aromatic N) is 2. The molecule has 1 aromatic heterocycles. The molecule has 0 saturated heterocycles. The van der Waals surface area contributed by atoms with E-state index in [1.165, 1.54) is 18.2 Å². The Balaban J connectivity index is 1.83. The van der Waals surface area contributed by atoms with Crippen LogP contribution in [0.1, 0.15) is 18.2 Å². The van der Waals surface area contributed by atoms with Gasteiger partial charge in [0.25, 0.3) is 11.6 Å². The molecule has 0 radical (unpaired) electrons. The number of benzene rings is 2. The molecule has 8 heteroatoms. The van der Waals surface area contributed by atoms with Crippen LogP contribution in [0.3, 0.4) is 0 Å². The number of aryl methyl sites for hydroxylation is 1. The average Bonchev–Trinajstić information content (AvgIpc) is 3.21. The van der Waals surface area contributed by atoms with Gasteiger partial charge in [-0.1, -0.05) is 12.1 Å². The smallest absolute Gasteiger partial charge is 0.270 e. The van der Waals surface area contributed by atoms with Crippen molar-refractivity contribution in [3.05, 3.63) is 81.6 Å². The third kappa shape index (κ3) is 5.16. The normalized spacial score (nSPS) is 10.9.